The van der Waals surface area contributed by atoms with Gasteiger partial charge in [0.25, 0.3) is 5.91 Å². The van der Waals surface area contributed by atoms with Crippen LogP contribution in [0, 0.1) is 0 Å². The third-order valence-electron chi connectivity index (χ3n) is 3.87. The van der Waals surface area contributed by atoms with Gasteiger partial charge >= 0.3 is 5.97 Å². The highest BCUT2D eigenvalue weighted by atomic mass is 16.4. The van der Waals surface area contributed by atoms with Crippen LogP contribution in [-0.2, 0) is 11.3 Å². The Kier molecular flexibility index (Phi) is 4.89. The molecule has 0 aromatic carbocycles. The minimum absolute atomic E-state index is 0.185. The van der Waals surface area contributed by atoms with Crippen molar-refractivity contribution in [2.45, 2.75) is 32.9 Å². The molecule has 1 unspecified atom stereocenters. The molecule has 1 N–H and O–H groups in total. The van der Waals surface area contributed by atoms with Gasteiger partial charge in [-0.1, -0.05) is 12.1 Å². The molecule has 1 atom stereocenters. The van der Waals surface area contributed by atoms with Gasteiger partial charge in [0.05, 0.1) is 6.20 Å². The molecule has 1 amide bonds. The molecule has 0 radical (unpaired) electrons. The number of piperazine rings is 1. The number of hydrogen-bond acceptors (Lipinski definition) is 5. The molecule has 21 heavy (non-hydrogen) atoms. The molecule has 116 valence electrons. The number of amides is 1. The van der Waals surface area contributed by atoms with E-state index in [0.29, 0.717) is 19.1 Å². The zero-order chi connectivity index (χ0) is 15.4. The first-order chi connectivity index (χ1) is 10.0. The van der Waals surface area contributed by atoms with Crippen LogP contribution in [0.15, 0.2) is 6.20 Å². The monoisotopic (exact) mass is 295 g/mol. The topological polar surface area (TPSA) is 91.6 Å². The molecule has 0 spiro atoms. The lowest BCUT2D eigenvalue weighted by Crippen LogP contribution is -2.51. The van der Waals surface area contributed by atoms with E-state index in [-0.39, 0.29) is 18.1 Å². The fourth-order valence-corrected chi connectivity index (χ4v) is 2.40. The largest absolute Gasteiger partial charge is 0.480 e. The van der Waals surface area contributed by atoms with E-state index in [4.69, 9.17) is 5.11 Å². The maximum Gasteiger partial charge on any atom is 0.325 e. The van der Waals surface area contributed by atoms with Crippen LogP contribution < -0.4 is 0 Å². The SMILES string of the molecule is CCC(C)N1CCN(C(=O)c2cn(CC(=O)O)nn2)CC1. The van der Waals surface area contributed by atoms with Crippen molar-refractivity contribution in [2.75, 3.05) is 26.2 Å². The molecule has 1 aliphatic rings. The van der Waals surface area contributed by atoms with Crippen molar-refractivity contribution < 1.29 is 14.7 Å². The van der Waals surface area contributed by atoms with Crippen LogP contribution in [0.25, 0.3) is 0 Å². The van der Waals surface area contributed by atoms with Gasteiger partial charge in [0, 0.05) is 32.2 Å². The smallest absolute Gasteiger partial charge is 0.325 e. The predicted octanol–water partition coefficient (Wildman–Crippen LogP) is -0.0810. The van der Waals surface area contributed by atoms with Crippen molar-refractivity contribution in [3.05, 3.63) is 11.9 Å². The van der Waals surface area contributed by atoms with Crippen molar-refractivity contribution in [1.82, 2.24) is 24.8 Å². The van der Waals surface area contributed by atoms with E-state index in [1.165, 1.54) is 6.20 Å². The summed E-state index contributed by atoms with van der Waals surface area (Å²) in [7, 11) is 0. The summed E-state index contributed by atoms with van der Waals surface area (Å²) in [5, 5.41) is 16.1. The van der Waals surface area contributed by atoms with Crippen LogP contribution in [0.1, 0.15) is 30.8 Å². The Morgan fingerprint density at radius 3 is 2.57 bits per heavy atom. The fourth-order valence-electron chi connectivity index (χ4n) is 2.40. The van der Waals surface area contributed by atoms with Gasteiger partial charge in [-0.2, -0.15) is 0 Å². The summed E-state index contributed by atoms with van der Waals surface area (Å²) in [6.45, 7) is 7.08. The summed E-state index contributed by atoms with van der Waals surface area (Å²) >= 11 is 0. The lowest BCUT2D eigenvalue weighted by Gasteiger charge is -2.37. The number of carbonyl (C=O) groups is 2. The van der Waals surface area contributed by atoms with E-state index in [1.807, 2.05) is 0 Å². The van der Waals surface area contributed by atoms with Crippen molar-refractivity contribution in [2.24, 2.45) is 0 Å². The Bertz CT molecular complexity index is 508. The molecule has 1 saturated heterocycles. The summed E-state index contributed by atoms with van der Waals surface area (Å²) in [5.74, 6) is -1.20. The first kappa shape index (κ1) is 15.4. The Balaban J connectivity index is 1.92. The fraction of sp³-hybridized carbons (Fsp3) is 0.692. The average Bonchev–Trinajstić information content (AvgIpc) is 2.93. The minimum Gasteiger partial charge on any atom is -0.480 e. The highest BCUT2D eigenvalue weighted by Gasteiger charge is 2.25. The Hall–Kier alpha value is -1.96. The van der Waals surface area contributed by atoms with Crippen molar-refractivity contribution in [3.8, 4) is 0 Å². The molecule has 2 rings (SSSR count). The maximum absolute atomic E-state index is 12.3. The first-order valence-corrected chi connectivity index (χ1v) is 7.16. The maximum atomic E-state index is 12.3. The Labute approximate surface area is 123 Å². The molecule has 2 heterocycles. The van der Waals surface area contributed by atoms with Gasteiger partial charge in [-0.15, -0.1) is 5.10 Å². The third-order valence-corrected chi connectivity index (χ3v) is 3.87. The van der Waals surface area contributed by atoms with Gasteiger partial charge in [-0.3, -0.25) is 14.5 Å². The van der Waals surface area contributed by atoms with Gasteiger partial charge in [0.1, 0.15) is 6.54 Å². The van der Waals surface area contributed by atoms with Gasteiger partial charge in [0.2, 0.25) is 0 Å². The molecule has 8 heteroatoms. The minimum atomic E-state index is -1.01. The Morgan fingerprint density at radius 1 is 1.33 bits per heavy atom. The zero-order valence-corrected chi connectivity index (χ0v) is 12.4. The van der Waals surface area contributed by atoms with Crippen molar-refractivity contribution in [3.63, 3.8) is 0 Å². The highest BCUT2D eigenvalue weighted by molar-refractivity contribution is 5.92. The number of aromatic nitrogens is 3. The lowest BCUT2D eigenvalue weighted by molar-refractivity contribution is -0.137. The summed E-state index contributed by atoms with van der Waals surface area (Å²) in [6, 6.07) is 0.527. The van der Waals surface area contributed by atoms with E-state index in [2.05, 4.69) is 29.1 Å². The van der Waals surface area contributed by atoms with E-state index in [9.17, 15) is 9.59 Å². The first-order valence-electron chi connectivity index (χ1n) is 7.16. The lowest BCUT2D eigenvalue weighted by atomic mass is 10.2. The second-order valence-corrected chi connectivity index (χ2v) is 5.28. The average molecular weight is 295 g/mol. The molecular formula is C13H21N5O3. The Morgan fingerprint density at radius 2 is 2.00 bits per heavy atom. The number of carbonyl (C=O) groups excluding carboxylic acids is 1. The van der Waals surface area contributed by atoms with E-state index >= 15 is 0 Å². The zero-order valence-electron chi connectivity index (χ0n) is 12.4. The van der Waals surface area contributed by atoms with Crippen LogP contribution in [0.3, 0.4) is 0 Å². The number of carboxylic acids is 1. The number of carboxylic acid groups (broad SMARTS) is 1. The predicted molar refractivity (Wildman–Crippen MR) is 74.9 cm³/mol. The van der Waals surface area contributed by atoms with Crippen LogP contribution >= 0.6 is 0 Å². The summed E-state index contributed by atoms with van der Waals surface area (Å²) < 4.78 is 1.16. The van der Waals surface area contributed by atoms with Crippen LogP contribution in [0.4, 0.5) is 0 Å². The van der Waals surface area contributed by atoms with E-state index in [1.54, 1.807) is 4.90 Å². The number of nitrogens with zero attached hydrogens (tertiary/aromatic N) is 5. The number of aliphatic carboxylic acids is 1. The standard InChI is InChI=1S/C13H21N5O3/c1-3-10(2)16-4-6-17(7-5-16)13(21)11-8-18(15-14-11)9-12(19)20/h8,10H,3-7,9H2,1-2H3,(H,19,20). The van der Waals surface area contributed by atoms with Crippen molar-refractivity contribution in [1.29, 1.82) is 0 Å². The molecule has 0 aliphatic carbocycles. The molecule has 8 nitrogen and oxygen atoms in total. The van der Waals surface area contributed by atoms with Gasteiger partial charge in [-0.25, -0.2) is 4.68 Å². The normalized spacial score (nSPS) is 17.7. The third kappa shape index (κ3) is 3.78. The molecule has 1 aromatic rings. The van der Waals surface area contributed by atoms with E-state index in [0.717, 1.165) is 24.2 Å². The molecule has 1 fully saturated rings. The van der Waals surface area contributed by atoms with E-state index < -0.39 is 5.97 Å². The van der Waals surface area contributed by atoms with Crippen molar-refractivity contribution >= 4 is 11.9 Å². The second-order valence-electron chi connectivity index (χ2n) is 5.28. The van der Waals surface area contributed by atoms with Gasteiger partial charge < -0.3 is 10.0 Å². The molecule has 1 aliphatic heterocycles. The summed E-state index contributed by atoms with van der Waals surface area (Å²) in [5.41, 5.74) is 0.202. The molecule has 0 bridgehead atoms. The highest BCUT2D eigenvalue weighted by Crippen LogP contribution is 2.11. The van der Waals surface area contributed by atoms with Gasteiger partial charge in [-0.05, 0) is 13.3 Å². The molecular weight excluding hydrogens is 274 g/mol. The van der Waals surface area contributed by atoms with Crippen LogP contribution in [0.2, 0.25) is 0 Å². The van der Waals surface area contributed by atoms with Crippen LogP contribution in [-0.4, -0.2) is 74.0 Å². The summed E-state index contributed by atoms with van der Waals surface area (Å²) in [4.78, 5) is 27.0. The number of hydrogen-bond donors (Lipinski definition) is 1. The number of rotatable bonds is 5. The quantitative estimate of drug-likeness (QED) is 0.817. The molecule has 1 aromatic heterocycles. The summed E-state index contributed by atoms with van der Waals surface area (Å²) in [6.07, 6.45) is 2.48. The molecule has 0 saturated carbocycles. The second kappa shape index (κ2) is 6.66. The van der Waals surface area contributed by atoms with Crippen LogP contribution in [0.5, 0.6) is 0 Å². The van der Waals surface area contributed by atoms with Gasteiger partial charge in [0.15, 0.2) is 5.69 Å².